The largest absolute Gasteiger partial charge is 0.510 e. The van der Waals surface area contributed by atoms with E-state index in [2.05, 4.69) is 22.6 Å². The molecule has 188 valence electrons. The number of primary amides is 1. The molecule has 0 heterocycles. The molecule has 0 aliphatic heterocycles. The van der Waals surface area contributed by atoms with E-state index in [1.807, 2.05) is 26.8 Å². The van der Waals surface area contributed by atoms with E-state index in [0.29, 0.717) is 11.1 Å². The van der Waals surface area contributed by atoms with Crippen molar-refractivity contribution < 1.29 is 34.8 Å². The van der Waals surface area contributed by atoms with E-state index < -0.39 is 63.5 Å². The van der Waals surface area contributed by atoms with Crippen LogP contribution in [0.2, 0.25) is 0 Å². The number of carbonyl (C=O) groups excluding carboxylic acids is 3. The molecule has 10 heteroatoms. The van der Waals surface area contributed by atoms with Gasteiger partial charge in [-0.05, 0) is 72.5 Å². The van der Waals surface area contributed by atoms with Crippen LogP contribution in [-0.2, 0) is 21.4 Å². The lowest BCUT2D eigenvalue weighted by Gasteiger charge is -2.50. The smallest absolute Gasteiger partial charge is 0.255 e. The van der Waals surface area contributed by atoms with Gasteiger partial charge in [-0.3, -0.25) is 19.3 Å². The van der Waals surface area contributed by atoms with Crippen LogP contribution in [-0.4, -0.2) is 68.5 Å². The van der Waals surface area contributed by atoms with Crippen molar-refractivity contribution in [2.45, 2.75) is 50.7 Å². The molecule has 4 atom stereocenters. The lowest BCUT2D eigenvalue weighted by Crippen LogP contribution is -2.63. The predicted molar refractivity (Wildman–Crippen MR) is 135 cm³/mol. The summed E-state index contributed by atoms with van der Waals surface area (Å²) in [4.78, 5) is 40.6. The second-order valence-corrected chi connectivity index (χ2v) is 12.0. The molecule has 35 heavy (non-hydrogen) atoms. The summed E-state index contributed by atoms with van der Waals surface area (Å²) >= 11 is 2.12. The molecular weight excluding hydrogens is 567 g/mol. The molecule has 3 aliphatic rings. The Morgan fingerprint density at radius 1 is 1.20 bits per heavy atom. The lowest BCUT2D eigenvalue weighted by molar-refractivity contribution is -0.148. The molecule has 0 spiro atoms. The van der Waals surface area contributed by atoms with Crippen LogP contribution in [0.5, 0.6) is 5.75 Å². The predicted octanol–water partition coefficient (Wildman–Crippen LogP) is 2.02. The standard InChI is InChI=1S/C25H29IN2O7/c1-24(2,3)12-8-13(26)10-6-9-7-11-17(28(4)5)20(31)16(23(27)34)22(33)25(11,35)21(32)14(9)19(30)15(10)18(12)29/h8-9,11,17,29,31-32,35H,6-7H2,1-5H3,(H2,27,34)/t9-,11-,17+,25+/m1/s1. The van der Waals surface area contributed by atoms with Gasteiger partial charge in [-0.2, -0.15) is 0 Å². The molecule has 4 rings (SSSR count). The number of fused-ring (bicyclic) bond motifs is 3. The van der Waals surface area contributed by atoms with Gasteiger partial charge in [-0.25, -0.2) is 0 Å². The highest BCUT2D eigenvalue weighted by atomic mass is 127. The average molecular weight is 596 g/mol. The number of ketones is 2. The summed E-state index contributed by atoms with van der Waals surface area (Å²) in [6.07, 6.45) is 0.356. The minimum Gasteiger partial charge on any atom is -0.510 e. The Hall–Kier alpha value is -2.44. The van der Waals surface area contributed by atoms with Crippen LogP contribution in [0.3, 0.4) is 0 Å². The zero-order valence-corrected chi connectivity index (χ0v) is 22.3. The van der Waals surface area contributed by atoms with Gasteiger partial charge in [-0.1, -0.05) is 20.8 Å². The summed E-state index contributed by atoms with van der Waals surface area (Å²) in [6.45, 7) is 5.70. The fourth-order valence-corrected chi connectivity index (χ4v) is 6.65. The van der Waals surface area contributed by atoms with Gasteiger partial charge in [0.05, 0.1) is 11.6 Å². The van der Waals surface area contributed by atoms with Gasteiger partial charge in [-0.15, -0.1) is 0 Å². The summed E-state index contributed by atoms with van der Waals surface area (Å²) < 4.78 is 0.788. The first-order valence-corrected chi connectivity index (χ1v) is 12.3. The molecule has 0 saturated carbocycles. The van der Waals surface area contributed by atoms with Crippen molar-refractivity contribution in [3.63, 3.8) is 0 Å². The summed E-state index contributed by atoms with van der Waals surface area (Å²) in [5.74, 6) is -6.39. The van der Waals surface area contributed by atoms with Crippen LogP contribution >= 0.6 is 22.6 Å². The number of aromatic hydroxyl groups is 1. The molecule has 0 unspecified atom stereocenters. The number of aliphatic hydroxyl groups excluding tert-OH is 2. The lowest BCUT2D eigenvalue weighted by atomic mass is 9.58. The van der Waals surface area contributed by atoms with Gasteiger partial charge >= 0.3 is 0 Å². The number of benzene rings is 1. The van der Waals surface area contributed by atoms with Crippen LogP contribution < -0.4 is 5.73 Å². The van der Waals surface area contributed by atoms with Gasteiger partial charge in [0, 0.05) is 20.6 Å². The topological polar surface area (TPSA) is 161 Å². The minimum atomic E-state index is -2.63. The van der Waals surface area contributed by atoms with Gasteiger partial charge < -0.3 is 26.2 Å². The highest BCUT2D eigenvalue weighted by Gasteiger charge is 2.63. The second-order valence-electron chi connectivity index (χ2n) is 10.8. The van der Waals surface area contributed by atoms with Crippen molar-refractivity contribution in [1.29, 1.82) is 0 Å². The number of likely N-dealkylation sites (N-methyl/N-ethyl adjacent to an activating group) is 1. The molecule has 0 aromatic heterocycles. The Morgan fingerprint density at radius 3 is 2.31 bits per heavy atom. The van der Waals surface area contributed by atoms with Crippen molar-refractivity contribution in [3.05, 3.63) is 49.0 Å². The molecule has 1 amide bonds. The summed E-state index contributed by atoms with van der Waals surface area (Å²) in [6, 6.07) is 0.840. The van der Waals surface area contributed by atoms with E-state index >= 15 is 0 Å². The number of carbonyl (C=O) groups is 3. The fourth-order valence-electron chi connectivity index (χ4n) is 5.84. The number of rotatable bonds is 2. The number of hydrogen-bond donors (Lipinski definition) is 5. The van der Waals surface area contributed by atoms with Crippen LogP contribution in [0.1, 0.15) is 48.7 Å². The maximum absolute atomic E-state index is 13.8. The molecular formula is C25H29IN2O7. The van der Waals surface area contributed by atoms with E-state index in [1.165, 1.54) is 4.90 Å². The molecule has 9 nitrogen and oxygen atoms in total. The number of nitrogens with two attached hydrogens (primary N) is 1. The Balaban J connectivity index is 1.99. The number of aliphatic hydroxyl groups is 3. The average Bonchev–Trinajstić information content (AvgIpc) is 2.71. The summed E-state index contributed by atoms with van der Waals surface area (Å²) in [7, 11) is 3.20. The normalized spacial score (nSPS) is 28.7. The van der Waals surface area contributed by atoms with Crippen molar-refractivity contribution in [1.82, 2.24) is 4.90 Å². The van der Waals surface area contributed by atoms with Crippen LogP contribution in [0.15, 0.2) is 28.7 Å². The zero-order chi connectivity index (χ0) is 26.4. The Morgan fingerprint density at radius 2 is 1.80 bits per heavy atom. The maximum atomic E-state index is 13.8. The molecule has 6 N–H and O–H groups in total. The first-order valence-electron chi connectivity index (χ1n) is 11.2. The summed E-state index contributed by atoms with van der Waals surface area (Å²) in [5.41, 5.74) is 2.52. The Kier molecular flexibility index (Phi) is 5.89. The molecule has 1 aromatic carbocycles. The van der Waals surface area contributed by atoms with Gasteiger partial charge in [0.15, 0.2) is 11.4 Å². The number of phenolic OH excluding ortho intramolecular Hbond substituents is 1. The molecule has 3 aliphatic carbocycles. The number of allylic oxidation sites excluding steroid dienone is 1. The maximum Gasteiger partial charge on any atom is 0.255 e. The number of nitrogens with zero attached hydrogens (tertiary/aromatic N) is 1. The van der Waals surface area contributed by atoms with Crippen molar-refractivity contribution in [2.24, 2.45) is 17.6 Å². The van der Waals surface area contributed by atoms with Crippen LogP contribution in [0, 0.1) is 15.4 Å². The number of Topliss-reactive ketones (excluding diaryl/α,β-unsaturated/α-hetero) is 2. The zero-order valence-electron chi connectivity index (χ0n) is 20.1. The number of amides is 1. The van der Waals surface area contributed by atoms with Crippen molar-refractivity contribution in [2.75, 3.05) is 14.1 Å². The second kappa shape index (κ2) is 8.04. The molecule has 0 bridgehead atoms. The molecule has 1 aromatic rings. The van der Waals surface area contributed by atoms with Gasteiger partial charge in [0.2, 0.25) is 5.78 Å². The highest BCUT2D eigenvalue weighted by molar-refractivity contribution is 14.1. The van der Waals surface area contributed by atoms with Crippen LogP contribution in [0.4, 0.5) is 0 Å². The number of phenols is 1. The highest BCUT2D eigenvalue weighted by Crippen LogP contribution is 2.53. The quantitative estimate of drug-likeness (QED) is 0.256. The third-order valence-corrected chi connectivity index (χ3v) is 8.44. The van der Waals surface area contributed by atoms with E-state index in [-0.39, 0.29) is 29.7 Å². The molecule has 0 fully saturated rings. The third kappa shape index (κ3) is 3.44. The Labute approximate surface area is 216 Å². The molecule has 0 radical (unpaired) electrons. The van der Waals surface area contributed by atoms with E-state index in [4.69, 9.17) is 5.73 Å². The Bertz CT molecular complexity index is 1260. The minimum absolute atomic E-state index is 0.0441. The molecule has 0 saturated heterocycles. The first kappa shape index (κ1) is 25.6. The van der Waals surface area contributed by atoms with Gasteiger partial charge in [0.25, 0.3) is 5.91 Å². The first-order chi connectivity index (χ1) is 16.0. The van der Waals surface area contributed by atoms with Crippen LogP contribution in [0.25, 0.3) is 0 Å². The van der Waals surface area contributed by atoms with E-state index in [9.17, 15) is 34.8 Å². The van der Waals surface area contributed by atoms with E-state index in [1.54, 1.807) is 14.1 Å². The monoisotopic (exact) mass is 596 g/mol. The number of halogens is 1. The van der Waals surface area contributed by atoms with E-state index in [0.717, 1.165) is 3.57 Å². The SMILES string of the molecule is CN(C)[C@@H]1C(O)=C(C(N)=O)C(=O)[C@@]2(O)C(O)=C3C(=O)c4c(O)c(C(C)(C)C)cc(I)c4C[C@@H]3C[C@H]12. The van der Waals surface area contributed by atoms with Crippen molar-refractivity contribution >= 4 is 40.1 Å². The summed E-state index contributed by atoms with van der Waals surface area (Å²) in [5, 5.41) is 44.8. The van der Waals surface area contributed by atoms with Gasteiger partial charge in [0.1, 0.15) is 22.8 Å². The van der Waals surface area contributed by atoms with Crippen molar-refractivity contribution in [3.8, 4) is 5.75 Å². The third-order valence-electron chi connectivity index (χ3n) is 7.48. The number of hydrogen-bond acceptors (Lipinski definition) is 8. The fraction of sp³-hybridized carbons (Fsp3) is 0.480.